The molecule has 0 saturated heterocycles. The molecule has 4 aromatic heterocycles. The SMILES string of the molecule is CC(C)(C)c1ccc(N2B3c4cc5c(cc4-n4c6ccc(C(C)(C)C)cc6c6c7oc8ccccc8c7c(c3c64)-c3cc4c(cc32)oc2cc3c(cc24)C(C)(C)CCC3(C)C)oc2ccccc25)cc1. The molecule has 3 aliphatic rings. The van der Waals surface area contributed by atoms with E-state index in [0.717, 1.165) is 101 Å². The lowest BCUT2D eigenvalue weighted by Gasteiger charge is -2.42. The van der Waals surface area contributed by atoms with E-state index >= 15 is 0 Å². The number of furan rings is 3. The van der Waals surface area contributed by atoms with Gasteiger partial charge in [-0.05, 0) is 128 Å². The van der Waals surface area contributed by atoms with Crippen molar-refractivity contribution in [2.45, 2.75) is 104 Å². The summed E-state index contributed by atoms with van der Waals surface area (Å²) in [5, 5.41) is 9.21. The molecule has 0 fully saturated rings. The van der Waals surface area contributed by atoms with Gasteiger partial charge in [-0.1, -0.05) is 130 Å². The average Bonchev–Trinajstić information content (AvgIpc) is 4.09. The van der Waals surface area contributed by atoms with E-state index in [1.54, 1.807) is 0 Å². The summed E-state index contributed by atoms with van der Waals surface area (Å²) in [6, 6.07) is 48.1. The molecule has 0 spiro atoms. The second kappa shape index (κ2) is 13.0. The Morgan fingerprint density at radius 3 is 1.80 bits per heavy atom. The molecular formula is C64H55BN2O3. The molecule has 1 aliphatic carbocycles. The van der Waals surface area contributed by atoms with Crippen molar-refractivity contribution in [1.29, 1.82) is 0 Å². The van der Waals surface area contributed by atoms with Crippen LogP contribution in [0.3, 0.4) is 0 Å². The smallest absolute Gasteiger partial charge is 0.333 e. The molecule has 12 aromatic rings. The molecule has 6 heteroatoms. The predicted molar refractivity (Wildman–Crippen MR) is 294 cm³/mol. The van der Waals surface area contributed by atoms with Crippen molar-refractivity contribution in [3.63, 3.8) is 0 Å². The van der Waals surface area contributed by atoms with Crippen molar-refractivity contribution in [3.05, 3.63) is 150 Å². The van der Waals surface area contributed by atoms with Crippen molar-refractivity contribution in [2.24, 2.45) is 0 Å². The highest BCUT2D eigenvalue weighted by Gasteiger charge is 2.47. The minimum absolute atomic E-state index is 0.00793. The van der Waals surface area contributed by atoms with Crippen molar-refractivity contribution in [2.75, 3.05) is 4.81 Å². The first-order valence-electron chi connectivity index (χ1n) is 25.3. The van der Waals surface area contributed by atoms with Gasteiger partial charge in [-0.2, -0.15) is 0 Å². The van der Waals surface area contributed by atoms with Gasteiger partial charge in [0, 0.05) is 72.5 Å². The average molecular weight is 911 g/mol. The van der Waals surface area contributed by atoms with Gasteiger partial charge in [0.15, 0.2) is 0 Å². The zero-order valence-electron chi connectivity index (χ0n) is 41.7. The zero-order valence-corrected chi connectivity index (χ0v) is 41.7. The van der Waals surface area contributed by atoms with Crippen LogP contribution in [0.1, 0.15) is 104 Å². The van der Waals surface area contributed by atoms with Gasteiger partial charge in [0.1, 0.15) is 33.5 Å². The van der Waals surface area contributed by atoms with E-state index in [9.17, 15) is 0 Å². The molecule has 0 saturated carbocycles. The van der Waals surface area contributed by atoms with Gasteiger partial charge in [0.05, 0.1) is 16.4 Å². The Bertz CT molecular complexity index is 4330. The highest BCUT2D eigenvalue weighted by atomic mass is 16.3. The lowest BCUT2D eigenvalue weighted by molar-refractivity contribution is 0.332. The van der Waals surface area contributed by atoms with E-state index in [1.165, 1.54) is 60.6 Å². The molecule has 6 heterocycles. The van der Waals surface area contributed by atoms with Gasteiger partial charge in [-0.25, -0.2) is 0 Å². The first kappa shape index (κ1) is 40.7. The summed E-state index contributed by atoms with van der Waals surface area (Å²) in [4.78, 5) is 2.64. The van der Waals surface area contributed by atoms with Gasteiger partial charge in [-0.15, -0.1) is 0 Å². The maximum atomic E-state index is 7.29. The summed E-state index contributed by atoms with van der Waals surface area (Å²) in [5.74, 6) is 0. The molecule has 5 nitrogen and oxygen atoms in total. The number of anilines is 2. The number of fused-ring (bicyclic) bond motifs is 20. The molecule has 0 unspecified atom stereocenters. The summed E-state index contributed by atoms with van der Waals surface area (Å²) < 4.78 is 23.8. The third-order valence-corrected chi connectivity index (χ3v) is 17.1. The van der Waals surface area contributed by atoms with Gasteiger partial charge in [0.2, 0.25) is 0 Å². The number of hydrogen-bond acceptors (Lipinski definition) is 4. The lowest BCUT2D eigenvalue weighted by atomic mass is 9.43. The number of nitrogens with zero attached hydrogens (tertiary/aromatic N) is 2. The van der Waals surface area contributed by atoms with Crippen LogP contribution >= 0.6 is 0 Å². The number of benzene rings is 8. The topological polar surface area (TPSA) is 47.6 Å². The fraction of sp³-hybridized carbons (Fsp3) is 0.250. The van der Waals surface area contributed by atoms with Crippen molar-refractivity contribution < 1.29 is 13.3 Å². The number of para-hydroxylation sites is 2. The minimum atomic E-state index is -0.230. The fourth-order valence-corrected chi connectivity index (χ4v) is 13.2. The van der Waals surface area contributed by atoms with Crippen LogP contribution in [0.15, 0.2) is 141 Å². The molecule has 8 aromatic carbocycles. The Hall–Kier alpha value is -7.18. The van der Waals surface area contributed by atoms with Crippen LogP contribution in [0.25, 0.3) is 104 Å². The summed E-state index contributed by atoms with van der Waals surface area (Å²) in [6.07, 6.45) is 2.30. The van der Waals surface area contributed by atoms with E-state index < -0.39 is 0 Å². The van der Waals surface area contributed by atoms with Gasteiger partial charge < -0.3 is 22.6 Å². The molecule has 0 atom stereocenters. The molecule has 70 heavy (non-hydrogen) atoms. The maximum absolute atomic E-state index is 7.29. The molecule has 0 amide bonds. The van der Waals surface area contributed by atoms with Crippen LogP contribution < -0.4 is 15.7 Å². The van der Waals surface area contributed by atoms with Crippen molar-refractivity contribution in [1.82, 2.24) is 4.57 Å². The van der Waals surface area contributed by atoms with E-state index in [1.807, 2.05) is 0 Å². The van der Waals surface area contributed by atoms with E-state index in [0.29, 0.717) is 0 Å². The summed E-state index contributed by atoms with van der Waals surface area (Å²) in [5.41, 5.74) is 21.6. The fourth-order valence-electron chi connectivity index (χ4n) is 13.2. The second-order valence-corrected chi connectivity index (χ2v) is 24.3. The number of aromatic nitrogens is 1. The van der Waals surface area contributed by atoms with E-state index in [4.69, 9.17) is 13.3 Å². The van der Waals surface area contributed by atoms with E-state index in [-0.39, 0.29) is 28.5 Å². The molecule has 342 valence electrons. The minimum Gasteiger partial charge on any atom is -0.456 e. The van der Waals surface area contributed by atoms with Crippen LogP contribution in [0.5, 0.6) is 0 Å². The largest absolute Gasteiger partial charge is 0.456 e. The lowest BCUT2D eigenvalue weighted by Crippen LogP contribution is -2.60. The molecule has 15 rings (SSSR count). The third-order valence-electron chi connectivity index (χ3n) is 17.1. The summed E-state index contributed by atoms with van der Waals surface area (Å²) in [7, 11) is 0. The zero-order chi connectivity index (χ0) is 47.7. The summed E-state index contributed by atoms with van der Waals surface area (Å²) >= 11 is 0. The molecule has 0 bridgehead atoms. The molecular weight excluding hydrogens is 856 g/mol. The quantitative estimate of drug-likeness (QED) is 0.154. The summed E-state index contributed by atoms with van der Waals surface area (Å²) in [6.45, 7) is 23.2. The number of rotatable bonds is 1. The van der Waals surface area contributed by atoms with Crippen LogP contribution in [-0.4, -0.2) is 11.4 Å². The van der Waals surface area contributed by atoms with Crippen molar-refractivity contribution in [3.8, 4) is 16.8 Å². The van der Waals surface area contributed by atoms with Crippen LogP contribution in [0, 0.1) is 0 Å². The highest BCUT2D eigenvalue weighted by Crippen LogP contribution is 2.54. The van der Waals surface area contributed by atoms with E-state index in [2.05, 4.69) is 206 Å². The maximum Gasteiger partial charge on any atom is 0.333 e. The first-order chi connectivity index (χ1) is 33.4. The molecule has 0 radical (unpaired) electrons. The Balaban J connectivity index is 1.17. The third kappa shape index (κ3) is 5.19. The first-order valence-corrected chi connectivity index (χ1v) is 25.3. The Morgan fingerprint density at radius 2 is 1.09 bits per heavy atom. The van der Waals surface area contributed by atoms with Crippen LogP contribution in [0.2, 0.25) is 0 Å². The molecule has 0 N–H and O–H groups in total. The predicted octanol–water partition coefficient (Wildman–Crippen LogP) is 16.7. The van der Waals surface area contributed by atoms with Gasteiger partial charge >= 0.3 is 6.85 Å². The van der Waals surface area contributed by atoms with Crippen LogP contribution in [0.4, 0.5) is 11.4 Å². The molecule has 2 aliphatic heterocycles. The highest BCUT2D eigenvalue weighted by molar-refractivity contribution is 6.94. The van der Waals surface area contributed by atoms with Crippen LogP contribution in [-0.2, 0) is 21.7 Å². The Morgan fingerprint density at radius 1 is 0.500 bits per heavy atom. The Labute approximate surface area is 407 Å². The Kier molecular flexibility index (Phi) is 7.54. The van der Waals surface area contributed by atoms with Gasteiger partial charge in [0.25, 0.3) is 0 Å². The van der Waals surface area contributed by atoms with Crippen molar-refractivity contribution >= 4 is 117 Å². The second-order valence-electron chi connectivity index (χ2n) is 24.3. The van der Waals surface area contributed by atoms with Gasteiger partial charge in [-0.3, -0.25) is 0 Å². The monoisotopic (exact) mass is 910 g/mol. The standard InChI is InChI=1S/C64H55BN2O3/c1-61(2,3)34-19-22-36(23-20-34)67-48-32-53-39(40-29-44-45(31-52(40)69-53)64(9,10)26-25-63(44,7)8)28-43(48)55-56-38-16-12-14-18-51(38)70-60(56)57-42-27-35(62(4,5)6)21-24-47(42)66-49-33-54-41(37-15-11-13-17-50(37)68-54)30-46(49)65(67)58(55)59(57)66/h11-24,27-33H,25-26H2,1-10H3. The number of hydrogen-bond donors (Lipinski definition) is 0. The normalized spacial score (nSPS) is 16.2.